The predicted molar refractivity (Wildman–Crippen MR) is 150 cm³/mol. The molecule has 0 spiro atoms. The van der Waals surface area contributed by atoms with Gasteiger partial charge in [-0.25, -0.2) is 14.0 Å². The first-order valence-electron chi connectivity index (χ1n) is 13.1. The molecule has 0 radical (unpaired) electrons. The minimum atomic E-state index is -1.26. The Balaban J connectivity index is 1.45. The molecular weight excluding hydrogens is 527 g/mol. The van der Waals surface area contributed by atoms with Crippen molar-refractivity contribution in [3.63, 3.8) is 0 Å². The molecule has 0 aliphatic rings. The van der Waals surface area contributed by atoms with Crippen molar-refractivity contribution in [2.45, 2.75) is 32.6 Å². The number of hydrogen-bond acceptors (Lipinski definition) is 6. The van der Waals surface area contributed by atoms with Crippen molar-refractivity contribution in [2.24, 2.45) is 7.05 Å². The van der Waals surface area contributed by atoms with E-state index in [0.717, 1.165) is 22.8 Å². The highest BCUT2D eigenvalue weighted by atomic mass is 19.1. The van der Waals surface area contributed by atoms with Crippen LogP contribution < -0.4 is 10.6 Å². The lowest BCUT2D eigenvalue weighted by Gasteiger charge is -2.18. The second kappa shape index (κ2) is 13.9. The van der Waals surface area contributed by atoms with Crippen LogP contribution in [0.25, 0.3) is 11.3 Å². The van der Waals surface area contributed by atoms with Gasteiger partial charge in [-0.2, -0.15) is 5.10 Å². The van der Waals surface area contributed by atoms with Gasteiger partial charge in [0, 0.05) is 24.7 Å². The number of nitrogens with zero attached hydrogens (tertiary/aromatic N) is 2. The fourth-order valence-corrected chi connectivity index (χ4v) is 4.20. The number of amides is 2. The SMILES string of the molecule is CCc1cnn(C)c1-c1cc(F)cc(C(=O)NC[C@@H](NC(=O)OCc2ccccc2)C(=O)OCc2ccccc2)c1. The van der Waals surface area contributed by atoms with Crippen LogP contribution in [0.1, 0.15) is 34.0 Å². The van der Waals surface area contributed by atoms with Crippen molar-refractivity contribution < 1.29 is 28.2 Å². The van der Waals surface area contributed by atoms with Gasteiger partial charge in [0.05, 0.1) is 11.9 Å². The van der Waals surface area contributed by atoms with Crippen LogP contribution in [-0.4, -0.2) is 40.3 Å². The Morgan fingerprint density at radius 3 is 2.20 bits per heavy atom. The zero-order chi connectivity index (χ0) is 29.2. The van der Waals surface area contributed by atoms with Gasteiger partial charge in [0.2, 0.25) is 0 Å². The number of alkyl carbamates (subject to hydrolysis) is 1. The van der Waals surface area contributed by atoms with E-state index in [0.29, 0.717) is 17.7 Å². The minimum absolute atomic E-state index is 0.00928. The normalized spacial score (nSPS) is 11.4. The molecule has 41 heavy (non-hydrogen) atoms. The summed E-state index contributed by atoms with van der Waals surface area (Å²) in [6.07, 6.45) is 1.52. The van der Waals surface area contributed by atoms with Crippen molar-refractivity contribution in [3.8, 4) is 11.3 Å². The highest BCUT2D eigenvalue weighted by Crippen LogP contribution is 2.25. The molecule has 1 atom stereocenters. The molecule has 0 unspecified atom stereocenters. The van der Waals surface area contributed by atoms with Crippen molar-refractivity contribution in [2.75, 3.05) is 6.54 Å². The first kappa shape index (κ1) is 29.0. The third-order valence-corrected chi connectivity index (χ3v) is 6.31. The zero-order valence-corrected chi connectivity index (χ0v) is 22.8. The first-order valence-corrected chi connectivity index (χ1v) is 13.1. The number of nitrogens with one attached hydrogen (secondary N) is 2. The van der Waals surface area contributed by atoms with E-state index in [9.17, 15) is 18.8 Å². The van der Waals surface area contributed by atoms with Crippen LogP contribution in [0, 0.1) is 5.82 Å². The number of esters is 1. The smallest absolute Gasteiger partial charge is 0.408 e. The summed E-state index contributed by atoms with van der Waals surface area (Å²) in [5.74, 6) is -2.00. The van der Waals surface area contributed by atoms with Gasteiger partial charge in [-0.05, 0) is 41.3 Å². The summed E-state index contributed by atoms with van der Waals surface area (Å²) in [4.78, 5) is 38.5. The highest BCUT2D eigenvalue weighted by Gasteiger charge is 2.25. The number of aromatic nitrogens is 2. The number of benzene rings is 3. The van der Waals surface area contributed by atoms with E-state index in [4.69, 9.17) is 9.47 Å². The van der Waals surface area contributed by atoms with Gasteiger partial charge in [0.15, 0.2) is 0 Å². The highest BCUT2D eigenvalue weighted by molar-refractivity contribution is 5.96. The molecule has 4 rings (SSSR count). The lowest BCUT2D eigenvalue weighted by atomic mass is 10.0. The van der Waals surface area contributed by atoms with Crippen LogP contribution in [0.4, 0.5) is 9.18 Å². The Kier molecular flexibility index (Phi) is 9.82. The third-order valence-electron chi connectivity index (χ3n) is 6.31. The number of ether oxygens (including phenoxy) is 2. The number of carbonyl (C=O) groups excluding carboxylic acids is 3. The van der Waals surface area contributed by atoms with E-state index in [1.165, 1.54) is 6.07 Å². The van der Waals surface area contributed by atoms with Crippen LogP contribution in [0.15, 0.2) is 85.1 Å². The number of rotatable bonds is 11. The number of hydrogen-bond donors (Lipinski definition) is 2. The summed E-state index contributed by atoms with van der Waals surface area (Å²) in [7, 11) is 1.74. The lowest BCUT2D eigenvalue weighted by molar-refractivity contribution is -0.147. The van der Waals surface area contributed by atoms with E-state index in [1.54, 1.807) is 48.3 Å². The van der Waals surface area contributed by atoms with E-state index in [-0.39, 0.29) is 25.3 Å². The van der Waals surface area contributed by atoms with E-state index < -0.39 is 29.8 Å². The second-order valence-electron chi connectivity index (χ2n) is 9.29. The number of aryl methyl sites for hydroxylation is 2. The van der Waals surface area contributed by atoms with Crippen molar-refractivity contribution in [1.82, 2.24) is 20.4 Å². The number of halogens is 1. The molecule has 2 N–H and O–H groups in total. The second-order valence-corrected chi connectivity index (χ2v) is 9.29. The molecule has 0 bridgehead atoms. The summed E-state index contributed by atoms with van der Waals surface area (Å²) >= 11 is 0. The predicted octanol–water partition coefficient (Wildman–Crippen LogP) is 4.56. The van der Waals surface area contributed by atoms with Crippen LogP contribution in [-0.2, 0) is 41.0 Å². The zero-order valence-electron chi connectivity index (χ0n) is 22.8. The van der Waals surface area contributed by atoms with Crippen LogP contribution in [0.3, 0.4) is 0 Å². The van der Waals surface area contributed by atoms with Crippen molar-refractivity contribution >= 4 is 18.0 Å². The van der Waals surface area contributed by atoms with Crippen LogP contribution >= 0.6 is 0 Å². The topological polar surface area (TPSA) is 112 Å². The van der Waals surface area contributed by atoms with Gasteiger partial charge >= 0.3 is 12.1 Å². The monoisotopic (exact) mass is 558 g/mol. The van der Waals surface area contributed by atoms with Gasteiger partial charge in [-0.1, -0.05) is 67.6 Å². The summed E-state index contributed by atoms with van der Waals surface area (Å²) in [6, 6.07) is 20.8. The van der Waals surface area contributed by atoms with Crippen molar-refractivity contribution in [1.29, 1.82) is 0 Å². The standard InChI is InChI=1S/C31H31FN4O5/c1-3-23-17-34-36(2)28(23)24-14-25(16-26(32)15-24)29(37)33-18-27(30(38)40-19-21-10-6-4-7-11-21)35-31(39)41-20-22-12-8-5-9-13-22/h4-17,27H,3,18-20H2,1-2H3,(H,33,37)(H,35,39)/t27-/m1/s1. The Hall–Kier alpha value is -4.99. The Morgan fingerprint density at radius 2 is 1.56 bits per heavy atom. The molecule has 10 heteroatoms. The quantitative estimate of drug-likeness (QED) is 0.261. The molecule has 1 heterocycles. The summed E-state index contributed by atoms with van der Waals surface area (Å²) in [6.45, 7) is 1.61. The molecule has 0 saturated carbocycles. The molecule has 0 saturated heterocycles. The van der Waals surface area contributed by atoms with Gasteiger partial charge in [0.1, 0.15) is 25.1 Å². The maximum absolute atomic E-state index is 14.6. The molecule has 9 nitrogen and oxygen atoms in total. The average molecular weight is 559 g/mol. The summed E-state index contributed by atoms with van der Waals surface area (Å²) in [5, 5.41) is 9.30. The summed E-state index contributed by atoms with van der Waals surface area (Å²) in [5.41, 5.74) is 3.67. The first-order chi connectivity index (χ1) is 19.8. The average Bonchev–Trinajstić information content (AvgIpc) is 3.37. The van der Waals surface area contributed by atoms with Gasteiger partial charge < -0.3 is 20.1 Å². The Bertz CT molecular complexity index is 1490. The van der Waals surface area contributed by atoms with Crippen LogP contribution in [0.2, 0.25) is 0 Å². The molecule has 2 amide bonds. The fourth-order valence-electron chi connectivity index (χ4n) is 4.20. The molecule has 0 fully saturated rings. The van der Waals surface area contributed by atoms with Crippen molar-refractivity contribution in [3.05, 3.63) is 113 Å². The van der Waals surface area contributed by atoms with Gasteiger partial charge in [0.25, 0.3) is 5.91 Å². The van der Waals surface area contributed by atoms with E-state index in [2.05, 4.69) is 15.7 Å². The molecule has 0 aliphatic carbocycles. The molecule has 212 valence electrons. The lowest BCUT2D eigenvalue weighted by Crippen LogP contribution is -2.49. The fraction of sp³-hybridized carbons (Fsp3) is 0.226. The number of carbonyl (C=O) groups is 3. The molecular formula is C31H31FN4O5. The molecule has 0 aliphatic heterocycles. The third kappa shape index (κ3) is 8.01. The Labute approximate surface area is 237 Å². The minimum Gasteiger partial charge on any atom is -0.459 e. The Morgan fingerprint density at radius 1 is 0.927 bits per heavy atom. The van der Waals surface area contributed by atoms with E-state index in [1.807, 2.05) is 43.3 Å². The molecule has 3 aromatic carbocycles. The largest absolute Gasteiger partial charge is 0.459 e. The molecule has 1 aromatic heterocycles. The maximum atomic E-state index is 14.6. The van der Waals surface area contributed by atoms with Crippen LogP contribution in [0.5, 0.6) is 0 Å². The molecule has 4 aromatic rings. The van der Waals surface area contributed by atoms with E-state index >= 15 is 0 Å². The maximum Gasteiger partial charge on any atom is 0.408 e. The van der Waals surface area contributed by atoms with Gasteiger partial charge in [-0.15, -0.1) is 0 Å². The van der Waals surface area contributed by atoms with Gasteiger partial charge in [-0.3, -0.25) is 9.48 Å². The summed E-state index contributed by atoms with van der Waals surface area (Å²) < 4.78 is 26.8.